The number of rotatable bonds is 5. The fourth-order valence-corrected chi connectivity index (χ4v) is 1.81. The van der Waals surface area contributed by atoms with Crippen LogP contribution >= 0.6 is 0 Å². The zero-order valence-corrected chi connectivity index (χ0v) is 12.0. The molecule has 0 spiro atoms. The van der Waals surface area contributed by atoms with Crippen molar-refractivity contribution in [2.75, 3.05) is 0 Å². The second-order valence-corrected chi connectivity index (χ2v) is 5.03. The molecule has 0 fully saturated rings. The summed E-state index contributed by atoms with van der Waals surface area (Å²) < 4.78 is 0. The largest absolute Gasteiger partial charge is 0.508 e. The maximum absolute atomic E-state index is 10.5. The molecule has 2 unspecified atom stereocenters. The molecule has 2 atom stereocenters. The number of carbonyl (C=O) groups excluding carboxylic acids is 1. The SMILES string of the molecule is CC(C=O)CC(C)Cc1ccc(O)cc1.CCC. The van der Waals surface area contributed by atoms with Gasteiger partial charge in [-0.2, -0.15) is 0 Å². The van der Waals surface area contributed by atoms with Gasteiger partial charge in [0, 0.05) is 5.92 Å². The Morgan fingerprint density at radius 2 is 1.67 bits per heavy atom. The van der Waals surface area contributed by atoms with E-state index in [1.54, 1.807) is 12.1 Å². The summed E-state index contributed by atoms with van der Waals surface area (Å²) in [5.74, 6) is 0.930. The topological polar surface area (TPSA) is 37.3 Å². The molecule has 1 N–H and O–H groups in total. The summed E-state index contributed by atoms with van der Waals surface area (Å²) >= 11 is 0. The van der Waals surface area contributed by atoms with E-state index in [2.05, 4.69) is 20.8 Å². The van der Waals surface area contributed by atoms with Crippen LogP contribution in [-0.2, 0) is 11.2 Å². The van der Waals surface area contributed by atoms with E-state index in [9.17, 15) is 4.79 Å². The number of aldehydes is 1. The minimum atomic E-state index is 0.136. The fraction of sp³-hybridized carbons (Fsp3) is 0.562. The Balaban J connectivity index is 0.000000873. The van der Waals surface area contributed by atoms with E-state index in [1.165, 1.54) is 12.0 Å². The van der Waals surface area contributed by atoms with Crippen molar-refractivity contribution in [3.8, 4) is 5.75 Å². The summed E-state index contributed by atoms with van der Waals surface area (Å²) in [6.45, 7) is 8.34. The maximum atomic E-state index is 10.5. The van der Waals surface area contributed by atoms with Crippen LogP contribution in [-0.4, -0.2) is 11.4 Å². The highest BCUT2D eigenvalue weighted by molar-refractivity contribution is 5.52. The van der Waals surface area contributed by atoms with Crippen LogP contribution in [0.3, 0.4) is 0 Å². The lowest BCUT2D eigenvalue weighted by Gasteiger charge is -2.13. The van der Waals surface area contributed by atoms with Crippen LogP contribution in [0.4, 0.5) is 0 Å². The molecule has 0 radical (unpaired) electrons. The predicted molar refractivity (Wildman–Crippen MR) is 76.8 cm³/mol. The van der Waals surface area contributed by atoms with Crippen molar-refractivity contribution in [3.05, 3.63) is 29.8 Å². The van der Waals surface area contributed by atoms with Crippen LogP contribution in [0.5, 0.6) is 5.75 Å². The number of phenolic OH excluding ortho intramolecular Hbond substituents is 1. The molecule has 2 nitrogen and oxygen atoms in total. The van der Waals surface area contributed by atoms with Gasteiger partial charge in [0.15, 0.2) is 0 Å². The van der Waals surface area contributed by atoms with Gasteiger partial charge in [0.25, 0.3) is 0 Å². The van der Waals surface area contributed by atoms with Crippen molar-refractivity contribution in [3.63, 3.8) is 0 Å². The van der Waals surface area contributed by atoms with E-state index < -0.39 is 0 Å². The third kappa shape index (κ3) is 7.88. The zero-order chi connectivity index (χ0) is 14.0. The van der Waals surface area contributed by atoms with Gasteiger partial charge in [-0.05, 0) is 36.5 Å². The third-order valence-corrected chi connectivity index (χ3v) is 2.53. The molecule has 18 heavy (non-hydrogen) atoms. The van der Waals surface area contributed by atoms with Crippen molar-refractivity contribution in [1.29, 1.82) is 0 Å². The molecule has 1 aromatic rings. The highest BCUT2D eigenvalue weighted by atomic mass is 16.3. The first-order chi connectivity index (χ1) is 8.53. The second-order valence-electron chi connectivity index (χ2n) is 5.03. The number of phenols is 1. The van der Waals surface area contributed by atoms with E-state index >= 15 is 0 Å². The number of hydrogen-bond donors (Lipinski definition) is 1. The number of hydrogen-bond acceptors (Lipinski definition) is 2. The van der Waals surface area contributed by atoms with E-state index in [0.717, 1.165) is 19.1 Å². The van der Waals surface area contributed by atoms with E-state index in [-0.39, 0.29) is 5.92 Å². The summed E-state index contributed by atoms with van der Waals surface area (Å²) in [7, 11) is 0. The first kappa shape index (κ1) is 16.7. The molecule has 1 rings (SSSR count). The lowest BCUT2D eigenvalue weighted by Crippen LogP contribution is -2.06. The van der Waals surface area contributed by atoms with Crippen molar-refractivity contribution in [2.24, 2.45) is 11.8 Å². The van der Waals surface area contributed by atoms with Crippen molar-refractivity contribution in [2.45, 2.75) is 47.0 Å². The summed E-state index contributed by atoms with van der Waals surface area (Å²) in [4.78, 5) is 10.5. The molecule has 0 aromatic heterocycles. The van der Waals surface area contributed by atoms with Crippen molar-refractivity contribution >= 4 is 6.29 Å². The molecule has 0 bridgehead atoms. The number of carbonyl (C=O) groups is 1. The predicted octanol–water partition coefficient (Wildman–Crippen LogP) is 4.21. The highest BCUT2D eigenvalue weighted by Gasteiger charge is 2.08. The lowest BCUT2D eigenvalue weighted by molar-refractivity contribution is -0.111. The van der Waals surface area contributed by atoms with Crippen LogP contribution in [0, 0.1) is 11.8 Å². The van der Waals surface area contributed by atoms with Crippen LogP contribution in [0.1, 0.15) is 46.1 Å². The van der Waals surface area contributed by atoms with Crippen molar-refractivity contribution < 1.29 is 9.90 Å². The molecule has 1 aromatic carbocycles. The van der Waals surface area contributed by atoms with Gasteiger partial charge in [-0.25, -0.2) is 0 Å². The van der Waals surface area contributed by atoms with Crippen molar-refractivity contribution in [1.82, 2.24) is 0 Å². The van der Waals surface area contributed by atoms with Crippen LogP contribution in [0.15, 0.2) is 24.3 Å². The minimum absolute atomic E-state index is 0.136. The number of benzene rings is 1. The second kappa shape index (κ2) is 9.69. The molecule has 0 aliphatic heterocycles. The van der Waals surface area contributed by atoms with Gasteiger partial charge in [-0.3, -0.25) is 0 Å². The summed E-state index contributed by atoms with van der Waals surface area (Å²) in [6, 6.07) is 7.26. The van der Waals surface area contributed by atoms with E-state index in [0.29, 0.717) is 11.7 Å². The third-order valence-electron chi connectivity index (χ3n) is 2.53. The smallest absolute Gasteiger partial charge is 0.122 e. The molecule has 0 aliphatic carbocycles. The average molecular weight is 250 g/mol. The molecular weight excluding hydrogens is 224 g/mol. The lowest BCUT2D eigenvalue weighted by atomic mass is 9.92. The summed E-state index contributed by atoms with van der Waals surface area (Å²) in [6.07, 6.45) is 4.14. The standard InChI is InChI=1S/C13H18O2.C3H8/c1-10(7-11(2)9-14)8-12-3-5-13(15)6-4-12;1-3-2/h3-6,9-11,15H,7-8H2,1-2H3;3H2,1-2H3. The van der Waals surface area contributed by atoms with Gasteiger partial charge >= 0.3 is 0 Å². The van der Waals surface area contributed by atoms with E-state index in [4.69, 9.17) is 5.11 Å². The van der Waals surface area contributed by atoms with Crippen LogP contribution in [0.2, 0.25) is 0 Å². The molecule has 0 saturated carbocycles. The molecular formula is C16H26O2. The van der Waals surface area contributed by atoms with Crippen LogP contribution in [0.25, 0.3) is 0 Å². The normalized spacial score (nSPS) is 13.1. The first-order valence-corrected chi connectivity index (χ1v) is 6.76. The molecule has 0 saturated heterocycles. The maximum Gasteiger partial charge on any atom is 0.122 e. The molecule has 0 heterocycles. The van der Waals surface area contributed by atoms with E-state index in [1.807, 2.05) is 19.1 Å². The number of aromatic hydroxyl groups is 1. The Morgan fingerprint density at radius 1 is 1.17 bits per heavy atom. The van der Waals surface area contributed by atoms with Gasteiger partial charge in [-0.15, -0.1) is 0 Å². The Bertz CT molecular complexity index is 316. The van der Waals surface area contributed by atoms with Gasteiger partial charge in [0.05, 0.1) is 0 Å². The average Bonchev–Trinajstić information content (AvgIpc) is 2.33. The molecule has 0 amide bonds. The summed E-state index contributed by atoms with van der Waals surface area (Å²) in [5, 5.41) is 9.13. The van der Waals surface area contributed by atoms with Gasteiger partial charge in [0.1, 0.15) is 12.0 Å². The molecule has 0 aliphatic rings. The van der Waals surface area contributed by atoms with Gasteiger partial charge < -0.3 is 9.90 Å². The Labute approximate surface area is 111 Å². The monoisotopic (exact) mass is 250 g/mol. The van der Waals surface area contributed by atoms with Crippen LogP contribution < -0.4 is 0 Å². The molecule has 2 heteroatoms. The minimum Gasteiger partial charge on any atom is -0.508 e. The summed E-state index contributed by atoms with van der Waals surface area (Å²) in [5.41, 5.74) is 1.21. The Morgan fingerprint density at radius 3 is 2.11 bits per heavy atom. The first-order valence-electron chi connectivity index (χ1n) is 6.76. The highest BCUT2D eigenvalue weighted by Crippen LogP contribution is 2.17. The quantitative estimate of drug-likeness (QED) is 0.795. The van der Waals surface area contributed by atoms with Gasteiger partial charge in [0.2, 0.25) is 0 Å². The fourth-order valence-electron chi connectivity index (χ4n) is 1.81. The van der Waals surface area contributed by atoms with Gasteiger partial charge in [-0.1, -0.05) is 46.2 Å². The Hall–Kier alpha value is -1.31. The Kier molecular flexibility index (Phi) is 8.99. The zero-order valence-electron chi connectivity index (χ0n) is 12.0. The molecule has 102 valence electrons.